The number of hydrogen-bond acceptors (Lipinski definition) is 7. The van der Waals surface area contributed by atoms with Gasteiger partial charge in [-0.3, -0.25) is 9.69 Å². The van der Waals surface area contributed by atoms with Crippen molar-refractivity contribution in [2.24, 2.45) is 5.73 Å². The number of anilines is 1. The molecule has 10 heteroatoms. The van der Waals surface area contributed by atoms with Crippen LogP contribution < -0.4 is 15.4 Å². The first-order valence-electron chi connectivity index (χ1n) is 10.1. The van der Waals surface area contributed by atoms with E-state index < -0.39 is 11.7 Å². The molecule has 0 bridgehead atoms. The molecule has 1 fully saturated rings. The zero-order valence-corrected chi connectivity index (χ0v) is 18.5. The Morgan fingerprint density at radius 3 is 2.72 bits per heavy atom. The van der Waals surface area contributed by atoms with E-state index in [1.807, 2.05) is 24.0 Å². The normalized spacial score (nSPS) is 17.7. The van der Waals surface area contributed by atoms with Gasteiger partial charge in [0.1, 0.15) is 5.75 Å². The number of nitrogens with two attached hydrogens (primary N) is 1. The smallest absolute Gasteiger partial charge is 0.416 e. The molecule has 0 saturated carbocycles. The summed E-state index contributed by atoms with van der Waals surface area (Å²) in [5.74, 6) is 0.137. The minimum atomic E-state index is -4.38. The molecule has 0 radical (unpaired) electrons. The van der Waals surface area contributed by atoms with Gasteiger partial charge in [0.2, 0.25) is 0 Å². The maximum atomic E-state index is 13.0. The Morgan fingerprint density at radius 2 is 2.03 bits per heavy atom. The highest BCUT2D eigenvalue weighted by atomic mass is 32.1. The third-order valence-corrected chi connectivity index (χ3v) is 6.35. The van der Waals surface area contributed by atoms with Gasteiger partial charge in [-0.2, -0.15) is 13.2 Å². The second-order valence-electron chi connectivity index (χ2n) is 7.91. The van der Waals surface area contributed by atoms with Gasteiger partial charge >= 0.3 is 12.1 Å². The van der Waals surface area contributed by atoms with E-state index in [1.165, 1.54) is 24.3 Å². The molecule has 32 heavy (non-hydrogen) atoms. The lowest BCUT2D eigenvalue weighted by Crippen LogP contribution is -2.56. The van der Waals surface area contributed by atoms with Gasteiger partial charge in [-0.25, -0.2) is 4.98 Å². The molecule has 4 rings (SSSR count). The Hall–Kier alpha value is -2.69. The Kier molecular flexibility index (Phi) is 6.11. The number of esters is 1. The average molecular weight is 465 g/mol. The van der Waals surface area contributed by atoms with E-state index in [1.54, 1.807) is 6.07 Å². The summed E-state index contributed by atoms with van der Waals surface area (Å²) in [4.78, 5) is 19.9. The molecule has 2 heterocycles. The van der Waals surface area contributed by atoms with Crippen molar-refractivity contribution in [2.45, 2.75) is 32.7 Å². The summed E-state index contributed by atoms with van der Waals surface area (Å²) in [6, 6.07) is 9.27. The molecule has 0 amide bonds. The second-order valence-corrected chi connectivity index (χ2v) is 8.92. The van der Waals surface area contributed by atoms with Crippen LogP contribution in [0.2, 0.25) is 0 Å². The van der Waals surface area contributed by atoms with Crippen molar-refractivity contribution >= 4 is 32.7 Å². The van der Waals surface area contributed by atoms with Crippen molar-refractivity contribution in [1.29, 1.82) is 0 Å². The summed E-state index contributed by atoms with van der Waals surface area (Å²) in [5.41, 5.74) is 8.26. The first kappa shape index (κ1) is 22.5. The van der Waals surface area contributed by atoms with Gasteiger partial charge in [0.15, 0.2) is 5.13 Å². The van der Waals surface area contributed by atoms with Crippen LogP contribution >= 0.6 is 11.3 Å². The van der Waals surface area contributed by atoms with Gasteiger partial charge in [-0.05, 0) is 48.4 Å². The SMILES string of the molecule is CC(=O)Oc1cc(C)cc(CN2CCN(c3nc4ccc(C(F)(F)F)cc4s3)C[C@H]2N)c1. The van der Waals surface area contributed by atoms with E-state index >= 15 is 0 Å². The Labute approximate surface area is 187 Å². The molecule has 170 valence electrons. The van der Waals surface area contributed by atoms with Crippen LogP contribution in [0.1, 0.15) is 23.6 Å². The number of aromatic nitrogens is 1. The van der Waals surface area contributed by atoms with E-state index in [4.69, 9.17) is 10.5 Å². The van der Waals surface area contributed by atoms with E-state index in [2.05, 4.69) is 9.88 Å². The predicted molar refractivity (Wildman–Crippen MR) is 118 cm³/mol. The second kappa shape index (κ2) is 8.68. The number of alkyl halides is 3. The fourth-order valence-electron chi connectivity index (χ4n) is 3.82. The van der Waals surface area contributed by atoms with Crippen molar-refractivity contribution in [3.05, 3.63) is 53.1 Å². The minimum absolute atomic E-state index is 0.279. The third-order valence-electron chi connectivity index (χ3n) is 5.27. The average Bonchev–Trinajstić information content (AvgIpc) is 3.11. The van der Waals surface area contributed by atoms with Crippen molar-refractivity contribution in [2.75, 3.05) is 24.5 Å². The largest absolute Gasteiger partial charge is 0.427 e. The molecule has 0 spiro atoms. The van der Waals surface area contributed by atoms with Crippen molar-refractivity contribution in [3.8, 4) is 5.75 Å². The number of ether oxygens (including phenoxy) is 1. The monoisotopic (exact) mass is 464 g/mol. The maximum absolute atomic E-state index is 13.0. The number of nitrogens with zero attached hydrogens (tertiary/aromatic N) is 3. The quantitative estimate of drug-likeness (QED) is 0.462. The molecule has 1 aromatic heterocycles. The first-order chi connectivity index (χ1) is 15.1. The van der Waals surface area contributed by atoms with Crippen LogP contribution in [0.3, 0.4) is 0 Å². The number of piperazine rings is 1. The van der Waals surface area contributed by atoms with Gasteiger partial charge < -0.3 is 15.4 Å². The summed E-state index contributed by atoms with van der Waals surface area (Å²) < 4.78 is 44.7. The molecule has 2 aromatic carbocycles. The number of carbonyl (C=O) groups is 1. The lowest BCUT2D eigenvalue weighted by molar-refractivity contribution is -0.137. The molecule has 0 unspecified atom stereocenters. The van der Waals surface area contributed by atoms with Crippen LogP contribution in [0.5, 0.6) is 5.75 Å². The molecular formula is C22H23F3N4O2S. The molecule has 6 nitrogen and oxygen atoms in total. The summed E-state index contributed by atoms with van der Waals surface area (Å²) in [6.45, 7) is 5.73. The van der Waals surface area contributed by atoms with Crippen LogP contribution in [0.25, 0.3) is 10.2 Å². The van der Waals surface area contributed by atoms with Crippen LogP contribution in [0, 0.1) is 6.92 Å². The number of thiazole rings is 1. The van der Waals surface area contributed by atoms with Gasteiger partial charge in [-0.1, -0.05) is 17.4 Å². The number of rotatable bonds is 4. The number of hydrogen-bond donors (Lipinski definition) is 1. The van der Waals surface area contributed by atoms with Crippen LogP contribution in [0.15, 0.2) is 36.4 Å². The van der Waals surface area contributed by atoms with E-state index in [-0.39, 0.29) is 12.1 Å². The van der Waals surface area contributed by atoms with Crippen LogP contribution in [-0.2, 0) is 17.5 Å². The maximum Gasteiger partial charge on any atom is 0.416 e. The molecule has 1 aliphatic rings. The summed E-state index contributed by atoms with van der Waals surface area (Å²) in [5, 5.41) is 0.669. The molecular weight excluding hydrogens is 441 g/mol. The van der Waals surface area contributed by atoms with Gasteiger partial charge in [0.25, 0.3) is 0 Å². The number of carbonyl (C=O) groups excluding carboxylic acids is 1. The highest BCUT2D eigenvalue weighted by Crippen LogP contribution is 2.35. The molecule has 3 aromatic rings. The van der Waals surface area contributed by atoms with Gasteiger partial charge in [0.05, 0.1) is 21.9 Å². The highest BCUT2D eigenvalue weighted by Gasteiger charge is 2.31. The van der Waals surface area contributed by atoms with Crippen molar-refractivity contribution in [3.63, 3.8) is 0 Å². The zero-order valence-electron chi connectivity index (χ0n) is 17.6. The minimum Gasteiger partial charge on any atom is -0.427 e. The lowest BCUT2D eigenvalue weighted by atomic mass is 10.1. The predicted octanol–water partition coefficient (Wildman–Crippen LogP) is 4.16. The van der Waals surface area contributed by atoms with Crippen LogP contribution in [-0.4, -0.2) is 41.7 Å². The molecule has 1 aliphatic heterocycles. The van der Waals surface area contributed by atoms with Crippen molar-refractivity contribution in [1.82, 2.24) is 9.88 Å². The topological polar surface area (TPSA) is 71.7 Å². The third kappa shape index (κ3) is 5.03. The molecule has 1 saturated heterocycles. The molecule has 1 atom stereocenters. The number of halogens is 3. The first-order valence-corrected chi connectivity index (χ1v) is 10.9. The number of benzene rings is 2. The van der Waals surface area contributed by atoms with Crippen LogP contribution in [0.4, 0.5) is 18.3 Å². The van der Waals surface area contributed by atoms with E-state index in [0.717, 1.165) is 23.3 Å². The summed E-state index contributed by atoms with van der Waals surface area (Å²) in [6.07, 6.45) is -4.66. The Bertz CT molecular complexity index is 1150. The fraction of sp³-hybridized carbons (Fsp3) is 0.364. The van der Waals surface area contributed by atoms with Gasteiger partial charge in [-0.15, -0.1) is 0 Å². The summed E-state index contributed by atoms with van der Waals surface area (Å²) >= 11 is 1.24. The summed E-state index contributed by atoms with van der Waals surface area (Å²) in [7, 11) is 0. The highest BCUT2D eigenvalue weighted by molar-refractivity contribution is 7.22. The van der Waals surface area contributed by atoms with E-state index in [0.29, 0.717) is 47.3 Å². The molecule has 0 aliphatic carbocycles. The van der Waals surface area contributed by atoms with Crippen molar-refractivity contribution < 1.29 is 22.7 Å². The zero-order chi connectivity index (χ0) is 23.0. The Morgan fingerprint density at radius 1 is 1.25 bits per heavy atom. The Balaban J connectivity index is 1.46. The number of fused-ring (bicyclic) bond motifs is 1. The fourth-order valence-corrected chi connectivity index (χ4v) is 4.86. The van der Waals surface area contributed by atoms with E-state index in [9.17, 15) is 18.0 Å². The number of aryl methyl sites for hydroxylation is 1. The standard InChI is InChI=1S/C22H23F3N4O2S/c1-13-7-15(9-17(8-13)31-14(2)30)11-28-5-6-29(12-20(28)26)21-27-18-4-3-16(22(23,24)25)10-19(18)32-21/h3-4,7-10,20H,5-6,11-12,26H2,1-2H3/t20-/m0/s1. The molecule has 2 N–H and O–H groups in total. The lowest BCUT2D eigenvalue weighted by Gasteiger charge is -2.39. The van der Waals surface area contributed by atoms with Gasteiger partial charge in [0, 0.05) is 33.1 Å².